The molecular formula is C62H37NS3. The Hall–Kier alpha value is -7.08. The van der Waals surface area contributed by atoms with Crippen LogP contribution in [0.25, 0.3) is 42.4 Å². The van der Waals surface area contributed by atoms with Gasteiger partial charge in [-0.3, -0.25) is 0 Å². The maximum Gasteiger partial charge on any atom is 0.0736 e. The lowest BCUT2D eigenvalue weighted by Crippen LogP contribution is -2.32. The molecule has 1 nitrogen and oxygen atoms in total. The molecule has 2 aliphatic carbocycles. The fourth-order valence-corrected chi connectivity index (χ4v) is 15.8. The van der Waals surface area contributed by atoms with E-state index in [2.05, 4.69) is 229 Å². The number of nitrogens with zero attached hydrogens (tertiary/aromatic N) is 1. The molecule has 0 N–H and O–H groups in total. The molecule has 0 fully saturated rings. The van der Waals surface area contributed by atoms with Crippen molar-refractivity contribution in [3.05, 3.63) is 269 Å². The molecule has 15 rings (SSSR count). The van der Waals surface area contributed by atoms with Crippen molar-refractivity contribution in [3.63, 3.8) is 0 Å². The van der Waals surface area contributed by atoms with Crippen molar-refractivity contribution in [2.24, 2.45) is 0 Å². The number of benzene rings is 10. The third-order valence-electron chi connectivity index (χ3n) is 14.8. The smallest absolute Gasteiger partial charge is 0.0736 e. The van der Waals surface area contributed by atoms with Gasteiger partial charge in [-0.25, -0.2) is 0 Å². The lowest BCUT2D eigenvalue weighted by molar-refractivity contribution is 0.721. The molecule has 0 unspecified atom stereocenters. The fraction of sp³-hybridized carbons (Fsp3) is 0.0323. The molecular weight excluding hydrogens is 855 g/mol. The monoisotopic (exact) mass is 891 g/mol. The first-order valence-electron chi connectivity index (χ1n) is 22.7. The summed E-state index contributed by atoms with van der Waals surface area (Å²) in [4.78, 5) is 7.83. The Bertz CT molecular complexity index is 3590. The highest BCUT2D eigenvalue weighted by atomic mass is 32.2. The summed E-state index contributed by atoms with van der Waals surface area (Å²) in [6, 6.07) is 85.3. The SMILES string of the molecule is c1ccc2c(c1)Sc1ccccc1C21c2ccccc2-c2ccc(N(c3ccc4c(c3)C3(c5ccccc5Sc5ccccc53)c3ccccc3-4)c3cccc4sc5ccccc5c34)cc21. The highest BCUT2D eigenvalue weighted by Crippen LogP contribution is 2.65. The molecule has 4 aliphatic rings. The van der Waals surface area contributed by atoms with Crippen molar-refractivity contribution >= 4 is 72.1 Å². The van der Waals surface area contributed by atoms with Gasteiger partial charge in [0, 0.05) is 51.1 Å². The van der Waals surface area contributed by atoms with E-state index in [1.165, 1.54) is 112 Å². The van der Waals surface area contributed by atoms with Gasteiger partial charge < -0.3 is 4.90 Å². The third-order valence-corrected chi connectivity index (χ3v) is 18.2. The predicted octanol–water partition coefficient (Wildman–Crippen LogP) is 17.2. The Balaban J connectivity index is 1.05. The highest BCUT2D eigenvalue weighted by Gasteiger charge is 2.52. The van der Waals surface area contributed by atoms with Gasteiger partial charge in [0.25, 0.3) is 0 Å². The van der Waals surface area contributed by atoms with Gasteiger partial charge in [0.05, 0.1) is 16.5 Å². The molecule has 0 atom stereocenters. The Morgan fingerprint density at radius 3 is 1.20 bits per heavy atom. The average molecular weight is 892 g/mol. The molecule has 3 heterocycles. The minimum atomic E-state index is -0.496. The van der Waals surface area contributed by atoms with Gasteiger partial charge in [-0.05, 0) is 133 Å². The highest BCUT2D eigenvalue weighted by molar-refractivity contribution is 7.99. The van der Waals surface area contributed by atoms with Crippen LogP contribution in [0, 0.1) is 0 Å². The van der Waals surface area contributed by atoms with Crippen LogP contribution in [0.4, 0.5) is 17.1 Å². The van der Waals surface area contributed by atoms with Crippen LogP contribution in [0.15, 0.2) is 244 Å². The van der Waals surface area contributed by atoms with Crippen molar-refractivity contribution in [1.82, 2.24) is 0 Å². The molecule has 0 radical (unpaired) electrons. The zero-order valence-corrected chi connectivity index (χ0v) is 38.0. The van der Waals surface area contributed by atoms with E-state index in [0.717, 1.165) is 11.4 Å². The Kier molecular flexibility index (Phi) is 7.73. The summed E-state index contributed by atoms with van der Waals surface area (Å²) < 4.78 is 2.58. The van der Waals surface area contributed by atoms with Crippen molar-refractivity contribution in [3.8, 4) is 22.3 Å². The van der Waals surface area contributed by atoms with Gasteiger partial charge in [-0.1, -0.05) is 181 Å². The van der Waals surface area contributed by atoms with Crippen LogP contribution < -0.4 is 4.90 Å². The molecule has 4 heteroatoms. The number of hydrogen-bond donors (Lipinski definition) is 0. The van der Waals surface area contributed by atoms with Crippen LogP contribution in [-0.2, 0) is 10.8 Å². The molecule has 11 aromatic rings. The molecule has 2 spiro atoms. The molecule has 66 heavy (non-hydrogen) atoms. The second-order valence-electron chi connectivity index (χ2n) is 17.8. The molecule has 10 aromatic carbocycles. The van der Waals surface area contributed by atoms with Crippen LogP contribution >= 0.6 is 34.9 Å². The summed E-state index contributed by atoms with van der Waals surface area (Å²) in [7, 11) is 0. The first-order valence-corrected chi connectivity index (χ1v) is 25.1. The standard InChI is InChI=1S/C62H37NS3/c1-4-19-45-40(16-1)42-34-32-38(36-51(42)61(45)47-21-6-11-27-55(47)65-56-28-12-7-22-48(56)61)63(53-25-15-31-59-60(53)44-18-3-10-26-54(44)64-59)39-33-35-43-41-17-2-5-20-46(41)62(52(43)37-39)49-23-8-13-29-57(49)66-58-30-14-9-24-50(58)62/h1-37H. The molecule has 0 saturated carbocycles. The first-order chi connectivity index (χ1) is 32.7. The Morgan fingerprint density at radius 2 is 0.697 bits per heavy atom. The minimum Gasteiger partial charge on any atom is -0.310 e. The zero-order chi connectivity index (χ0) is 43.1. The van der Waals surface area contributed by atoms with Crippen molar-refractivity contribution < 1.29 is 0 Å². The minimum absolute atomic E-state index is 0.496. The maximum atomic E-state index is 2.58. The van der Waals surface area contributed by atoms with Crippen LogP contribution in [0.5, 0.6) is 0 Å². The normalized spacial score (nSPS) is 14.8. The summed E-state index contributed by atoms with van der Waals surface area (Å²) >= 11 is 5.67. The number of rotatable bonds is 3. The second-order valence-corrected chi connectivity index (χ2v) is 21.1. The summed E-state index contributed by atoms with van der Waals surface area (Å²) in [6.07, 6.45) is 0. The van der Waals surface area contributed by atoms with E-state index in [4.69, 9.17) is 0 Å². The largest absolute Gasteiger partial charge is 0.310 e. The molecule has 0 bridgehead atoms. The van der Waals surface area contributed by atoms with E-state index in [0.29, 0.717) is 0 Å². The molecule has 0 amide bonds. The first kappa shape index (κ1) is 37.2. The van der Waals surface area contributed by atoms with E-state index >= 15 is 0 Å². The summed E-state index contributed by atoms with van der Waals surface area (Å²) in [5.41, 5.74) is 18.4. The number of hydrogen-bond acceptors (Lipinski definition) is 4. The Labute approximate surface area is 396 Å². The van der Waals surface area contributed by atoms with Crippen LogP contribution in [0.3, 0.4) is 0 Å². The lowest BCUT2D eigenvalue weighted by Gasteiger charge is -2.40. The molecule has 0 saturated heterocycles. The second kappa shape index (κ2) is 13.7. The topological polar surface area (TPSA) is 3.24 Å². The van der Waals surface area contributed by atoms with Gasteiger partial charge in [0.1, 0.15) is 0 Å². The summed E-state index contributed by atoms with van der Waals surface area (Å²) in [6.45, 7) is 0. The van der Waals surface area contributed by atoms with Gasteiger partial charge in [0.15, 0.2) is 0 Å². The summed E-state index contributed by atoms with van der Waals surface area (Å²) in [5, 5.41) is 2.57. The molecule has 308 valence electrons. The number of anilines is 3. The van der Waals surface area contributed by atoms with Crippen molar-refractivity contribution in [1.29, 1.82) is 0 Å². The van der Waals surface area contributed by atoms with Crippen molar-refractivity contribution in [2.45, 2.75) is 30.4 Å². The molecule has 2 aliphatic heterocycles. The predicted molar refractivity (Wildman–Crippen MR) is 277 cm³/mol. The quantitative estimate of drug-likeness (QED) is 0.174. The van der Waals surface area contributed by atoms with E-state index in [1.54, 1.807) is 0 Å². The van der Waals surface area contributed by atoms with E-state index in [9.17, 15) is 0 Å². The maximum absolute atomic E-state index is 2.58. The fourth-order valence-electron chi connectivity index (χ4n) is 12.3. The average Bonchev–Trinajstić information content (AvgIpc) is 4.00. The van der Waals surface area contributed by atoms with Gasteiger partial charge >= 0.3 is 0 Å². The van der Waals surface area contributed by atoms with Gasteiger partial charge in [0.2, 0.25) is 0 Å². The van der Waals surface area contributed by atoms with Gasteiger partial charge in [-0.15, -0.1) is 11.3 Å². The van der Waals surface area contributed by atoms with Crippen molar-refractivity contribution in [2.75, 3.05) is 4.90 Å². The lowest BCUT2D eigenvalue weighted by atomic mass is 9.67. The summed E-state index contributed by atoms with van der Waals surface area (Å²) in [5.74, 6) is 0. The van der Waals surface area contributed by atoms with Gasteiger partial charge in [-0.2, -0.15) is 0 Å². The van der Waals surface area contributed by atoms with E-state index < -0.39 is 10.8 Å². The van der Waals surface area contributed by atoms with Crippen LogP contribution in [-0.4, -0.2) is 0 Å². The van der Waals surface area contributed by atoms with E-state index in [1.807, 2.05) is 34.9 Å². The zero-order valence-electron chi connectivity index (χ0n) is 35.5. The molecule has 1 aromatic heterocycles. The van der Waals surface area contributed by atoms with E-state index in [-0.39, 0.29) is 0 Å². The third kappa shape index (κ3) is 4.73. The number of thiophene rings is 1. The van der Waals surface area contributed by atoms with Crippen LogP contribution in [0.1, 0.15) is 44.5 Å². The van der Waals surface area contributed by atoms with Crippen LogP contribution in [0.2, 0.25) is 0 Å². The Morgan fingerprint density at radius 1 is 0.303 bits per heavy atom. The number of fused-ring (bicyclic) bond motifs is 21.